The second-order valence-corrected chi connectivity index (χ2v) is 6.56. The fourth-order valence-electron chi connectivity index (χ4n) is 2.64. The number of aliphatic carboxylic acids is 1. The Bertz CT molecular complexity index is 329. The molecule has 0 rings (SSSR count). The molecule has 0 spiro atoms. The summed E-state index contributed by atoms with van der Waals surface area (Å²) in [6.45, 7) is 6.06. The van der Waals surface area contributed by atoms with Crippen LogP contribution in [0.1, 0.15) is 70.6 Å². The Morgan fingerprint density at radius 2 is 1.08 bits per heavy atom. The lowest BCUT2D eigenvalue weighted by molar-refractivity contribution is -0.137. The normalized spacial score (nSPS) is 10.7. The number of terminal acetylenes is 1. The number of unbranched alkanes of at least 4 members (excludes halogenated alkanes) is 7. The quantitative estimate of drug-likeness (QED) is 0.200. The summed E-state index contributed by atoms with van der Waals surface area (Å²) in [5, 5.41) is 18.7. The molecule has 4 N–H and O–H groups in total. The van der Waals surface area contributed by atoms with Crippen molar-refractivity contribution in [2.75, 3.05) is 39.3 Å². The van der Waals surface area contributed by atoms with E-state index in [1.54, 1.807) is 0 Å². The van der Waals surface area contributed by atoms with Crippen LogP contribution in [0.4, 0.5) is 0 Å². The van der Waals surface area contributed by atoms with E-state index in [2.05, 4.69) is 21.9 Å². The SMILES string of the molecule is C#CCNCCCCCCNCCCCCNCCCCCC(=O)O. The number of hydrogen-bond acceptors (Lipinski definition) is 4. The van der Waals surface area contributed by atoms with E-state index in [0.717, 1.165) is 52.0 Å². The molecule has 0 aliphatic rings. The van der Waals surface area contributed by atoms with Crippen LogP contribution in [0.25, 0.3) is 0 Å². The Balaban J connectivity index is 2.98. The van der Waals surface area contributed by atoms with E-state index < -0.39 is 5.97 Å². The van der Waals surface area contributed by atoms with Gasteiger partial charge >= 0.3 is 5.97 Å². The van der Waals surface area contributed by atoms with Gasteiger partial charge in [0.05, 0.1) is 6.54 Å². The molecule has 0 aliphatic heterocycles. The maximum atomic E-state index is 10.4. The van der Waals surface area contributed by atoms with Gasteiger partial charge in [-0.25, -0.2) is 0 Å². The van der Waals surface area contributed by atoms with E-state index in [4.69, 9.17) is 11.5 Å². The van der Waals surface area contributed by atoms with E-state index in [-0.39, 0.29) is 0 Å². The van der Waals surface area contributed by atoms with Crippen LogP contribution in [-0.4, -0.2) is 50.3 Å². The van der Waals surface area contributed by atoms with Crippen molar-refractivity contribution in [2.45, 2.75) is 70.6 Å². The van der Waals surface area contributed by atoms with Crippen LogP contribution in [0.15, 0.2) is 0 Å². The van der Waals surface area contributed by atoms with Crippen molar-refractivity contribution >= 4 is 5.97 Å². The van der Waals surface area contributed by atoms with E-state index >= 15 is 0 Å². The van der Waals surface area contributed by atoms with Gasteiger partial charge < -0.3 is 21.1 Å². The van der Waals surface area contributed by atoms with Crippen LogP contribution in [0, 0.1) is 12.3 Å². The molecule has 0 atom stereocenters. The van der Waals surface area contributed by atoms with E-state index in [0.29, 0.717) is 13.0 Å². The van der Waals surface area contributed by atoms with Gasteiger partial charge in [-0.3, -0.25) is 4.79 Å². The standard InChI is InChI=1S/C20H39N3O2/c1-2-14-21-15-8-3-4-9-16-22-18-11-6-12-19-23-17-10-5-7-13-20(24)25/h1,21-23H,3-19H2,(H,24,25). The van der Waals surface area contributed by atoms with Gasteiger partial charge in [0.15, 0.2) is 0 Å². The Morgan fingerprint density at radius 3 is 1.52 bits per heavy atom. The van der Waals surface area contributed by atoms with E-state index in [1.807, 2.05) is 0 Å². The Labute approximate surface area is 154 Å². The highest BCUT2D eigenvalue weighted by molar-refractivity contribution is 5.66. The minimum atomic E-state index is -0.685. The van der Waals surface area contributed by atoms with Gasteiger partial charge in [-0.2, -0.15) is 0 Å². The number of rotatable bonds is 20. The number of hydrogen-bond donors (Lipinski definition) is 4. The molecule has 0 radical (unpaired) electrons. The highest BCUT2D eigenvalue weighted by atomic mass is 16.4. The monoisotopic (exact) mass is 353 g/mol. The van der Waals surface area contributed by atoms with Crippen LogP contribution in [0.5, 0.6) is 0 Å². The molecule has 0 bridgehead atoms. The topological polar surface area (TPSA) is 73.4 Å². The first kappa shape index (κ1) is 23.9. The first-order valence-electron chi connectivity index (χ1n) is 10.0. The minimum absolute atomic E-state index is 0.302. The van der Waals surface area contributed by atoms with Gasteiger partial charge in [-0.05, 0) is 71.2 Å². The third kappa shape index (κ3) is 22.9. The second-order valence-electron chi connectivity index (χ2n) is 6.56. The van der Waals surface area contributed by atoms with Gasteiger partial charge in [0.25, 0.3) is 0 Å². The summed E-state index contributed by atoms with van der Waals surface area (Å²) in [7, 11) is 0. The van der Waals surface area contributed by atoms with E-state index in [9.17, 15) is 4.79 Å². The van der Waals surface area contributed by atoms with Gasteiger partial charge in [-0.1, -0.05) is 31.6 Å². The average Bonchev–Trinajstić information content (AvgIpc) is 2.60. The highest BCUT2D eigenvalue weighted by Crippen LogP contribution is 2.00. The van der Waals surface area contributed by atoms with Crippen LogP contribution in [0.2, 0.25) is 0 Å². The summed E-state index contributed by atoms with van der Waals surface area (Å²) >= 11 is 0. The van der Waals surface area contributed by atoms with Crippen molar-refractivity contribution < 1.29 is 9.90 Å². The predicted molar refractivity (Wildman–Crippen MR) is 106 cm³/mol. The van der Waals surface area contributed by atoms with Crippen LogP contribution >= 0.6 is 0 Å². The lowest BCUT2D eigenvalue weighted by atomic mass is 10.2. The van der Waals surface area contributed by atoms with Gasteiger partial charge in [0.1, 0.15) is 0 Å². The molecule has 25 heavy (non-hydrogen) atoms. The molecular formula is C20H39N3O2. The molecule has 0 saturated heterocycles. The average molecular weight is 354 g/mol. The third-order valence-electron chi connectivity index (χ3n) is 4.14. The zero-order valence-corrected chi connectivity index (χ0v) is 16.0. The molecule has 0 unspecified atom stereocenters. The fourth-order valence-corrected chi connectivity index (χ4v) is 2.64. The maximum absolute atomic E-state index is 10.4. The maximum Gasteiger partial charge on any atom is 0.303 e. The first-order chi connectivity index (χ1) is 12.3. The van der Waals surface area contributed by atoms with Crippen molar-refractivity contribution in [3.63, 3.8) is 0 Å². The summed E-state index contributed by atoms with van der Waals surface area (Å²) in [6, 6.07) is 0. The molecule has 0 aromatic rings. The van der Waals surface area contributed by atoms with Gasteiger partial charge in [0.2, 0.25) is 0 Å². The molecule has 5 nitrogen and oxygen atoms in total. The van der Waals surface area contributed by atoms with Crippen molar-refractivity contribution in [1.82, 2.24) is 16.0 Å². The largest absolute Gasteiger partial charge is 0.481 e. The van der Waals surface area contributed by atoms with Crippen molar-refractivity contribution in [3.05, 3.63) is 0 Å². The first-order valence-corrected chi connectivity index (χ1v) is 10.0. The molecule has 5 heteroatoms. The molecule has 0 aromatic carbocycles. The van der Waals surface area contributed by atoms with Crippen LogP contribution in [0.3, 0.4) is 0 Å². The summed E-state index contributed by atoms with van der Waals surface area (Å²) in [6.07, 6.45) is 17.1. The lowest BCUT2D eigenvalue weighted by Gasteiger charge is -2.06. The fraction of sp³-hybridized carbons (Fsp3) is 0.850. The zero-order valence-electron chi connectivity index (χ0n) is 16.0. The number of carboxylic acids is 1. The lowest BCUT2D eigenvalue weighted by Crippen LogP contribution is -2.19. The highest BCUT2D eigenvalue weighted by Gasteiger charge is 1.96. The van der Waals surface area contributed by atoms with Gasteiger partial charge in [-0.15, -0.1) is 6.42 Å². The summed E-state index contributed by atoms with van der Waals surface area (Å²) < 4.78 is 0. The minimum Gasteiger partial charge on any atom is -0.481 e. The van der Waals surface area contributed by atoms with Crippen molar-refractivity contribution in [2.24, 2.45) is 0 Å². The van der Waals surface area contributed by atoms with E-state index in [1.165, 1.54) is 44.9 Å². The van der Waals surface area contributed by atoms with Crippen molar-refractivity contribution in [3.8, 4) is 12.3 Å². The zero-order chi connectivity index (χ0) is 18.4. The molecular weight excluding hydrogens is 314 g/mol. The molecule has 0 fully saturated rings. The number of carbonyl (C=O) groups is 1. The predicted octanol–water partition coefficient (Wildman–Crippen LogP) is 2.76. The summed E-state index contributed by atoms with van der Waals surface area (Å²) in [4.78, 5) is 10.4. The molecule has 0 aromatic heterocycles. The Hall–Kier alpha value is -1.09. The Morgan fingerprint density at radius 1 is 0.680 bits per heavy atom. The molecule has 0 saturated carbocycles. The van der Waals surface area contributed by atoms with Crippen molar-refractivity contribution in [1.29, 1.82) is 0 Å². The van der Waals surface area contributed by atoms with Gasteiger partial charge in [0, 0.05) is 6.42 Å². The third-order valence-corrected chi connectivity index (χ3v) is 4.14. The van der Waals surface area contributed by atoms with Crippen LogP contribution < -0.4 is 16.0 Å². The molecule has 0 heterocycles. The molecule has 0 aliphatic carbocycles. The Kier molecular flexibility index (Phi) is 20.0. The second kappa shape index (κ2) is 21.0. The summed E-state index contributed by atoms with van der Waals surface area (Å²) in [5.41, 5.74) is 0. The van der Waals surface area contributed by atoms with Crippen LogP contribution in [-0.2, 0) is 4.79 Å². The molecule has 146 valence electrons. The summed E-state index contributed by atoms with van der Waals surface area (Å²) in [5.74, 6) is 1.90. The number of nitrogens with one attached hydrogen (secondary N) is 3. The molecule has 0 amide bonds. The smallest absolute Gasteiger partial charge is 0.303 e. The number of carboxylic acid groups (broad SMARTS) is 1.